The van der Waals surface area contributed by atoms with Gasteiger partial charge < -0.3 is 10.2 Å². The van der Waals surface area contributed by atoms with Gasteiger partial charge in [-0.15, -0.1) is 0 Å². The highest BCUT2D eigenvalue weighted by molar-refractivity contribution is 5.21. The zero-order chi connectivity index (χ0) is 15.1. The highest BCUT2D eigenvalue weighted by Crippen LogP contribution is 2.69. The maximum atomic E-state index is 11.7. The van der Waals surface area contributed by atoms with Crippen molar-refractivity contribution in [3.63, 3.8) is 0 Å². The van der Waals surface area contributed by atoms with Crippen LogP contribution < -0.4 is 0 Å². The van der Waals surface area contributed by atoms with E-state index in [0.717, 1.165) is 18.8 Å². The second kappa shape index (κ2) is 3.81. The molecule has 6 atom stereocenters. The third-order valence-electron chi connectivity index (χ3n) is 7.08. The highest BCUT2D eigenvalue weighted by Gasteiger charge is 2.71. The van der Waals surface area contributed by atoms with Crippen LogP contribution >= 0.6 is 0 Å². The second-order valence-corrected chi connectivity index (χ2v) is 9.91. The molecule has 4 saturated carbocycles. The molecule has 0 heterocycles. The van der Waals surface area contributed by atoms with Crippen molar-refractivity contribution in [3.05, 3.63) is 0 Å². The minimum absolute atomic E-state index is 0.0336. The lowest BCUT2D eigenvalue weighted by atomic mass is 9.37. The second-order valence-electron chi connectivity index (χ2n) is 9.91. The Morgan fingerprint density at radius 2 is 1.10 bits per heavy atom. The maximum Gasteiger partial charge on any atom is 0.0779 e. The summed E-state index contributed by atoms with van der Waals surface area (Å²) in [6, 6.07) is 0. The Morgan fingerprint density at radius 3 is 1.45 bits per heavy atom. The Morgan fingerprint density at radius 1 is 0.700 bits per heavy atom. The van der Waals surface area contributed by atoms with E-state index in [1.165, 1.54) is 12.8 Å². The van der Waals surface area contributed by atoms with E-state index in [0.29, 0.717) is 11.8 Å². The Hall–Kier alpha value is -0.0800. The summed E-state index contributed by atoms with van der Waals surface area (Å²) in [6.07, 6.45) is 4.35. The van der Waals surface area contributed by atoms with Crippen LogP contribution in [0.4, 0.5) is 0 Å². The fraction of sp³-hybridized carbons (Fsp3) is 1.00. The molecule has 0 amide bonds. The summed E-state index contributed by atoms with van der Waals surface area (Å²) in [5.41, 5.74) is -1.78. The Bertz CT molecular complexity index is 380. The lowest BCUT2D eigenvalue weighted by Gasteiger charge is -2.71. The standard InChI is InChI=1S/C18H32O2/c1-15(2,3)17(19)12-7-11-8-13(10-12)18(20,14(17)9-11)16(4,5)6/h11-14,19-20H,7-10H2,1-6H3/t11?,12-,13+,14?,17+,18-. The van der Waals surface area contributed by atoms with Gasteiger partial charge in [0.15, 0.2) is 0 Å². The van der Waals surface area contributed by atoms with Crippen LogP contribution in [0.15, 0.2) is 0 Å². The normalized spacial score (nSPS) is 51.6. The molecular weight excluding hydrogens is 248 g/mol. The molecule has 2 heteroatoms. The smallest absolute Gasteiger partial charge is 0.0779 e. The van der Waals surface area contributed by atoms with Crippen molar-refractivity contribution in [2.75, 3.05) is 0 Å². The van der Waals surface area contributed by atoms with E-state index in [1.54, 1.807) is 0 Å². The minimum Gasteiger partial charge on any atom is -0.389 e. The Kier molecular flexibility index (Phi) is 2.83. The molecule has 0 aromatic rings. The lowest BCUT2D eigenvalue weighted by molar-refractivity contribution is -0.322. The Balaban J connectivity index is 2.13. The topological polar surface area (TPSA) is 40.5 Å². The van der Waals surface area contributed by atoms with Gasteiger partial charge in [0.25, 0.3) is 0 Å². The minimum atomic E-state index is -0.720. The van der Waals surface area contributed by atoms with Crippen LogP contribution in [0, 0.1) is 34.5 Å². The summed E-state index contributed by atoms with van der Waals surface area (Å²) in [4.78, 5) is 0. The summed E-state index contributed by atoms with van der Waals surface area (Å²) in [6.45, 7) is 12.9. The molecule has 2 nitrogen and oxygen atoms in total. The van der Waals surface area contributed by atoms with Gasteiger partial charge in [-0.25, -0.2) is 0 Å². The summed E-state index contributed by atoms with van der Waals surface area (Å²) in [5.74, 6) is 1.53. The molecule has 0 radical (unpaired) electrons. The van der Waals surface area contributed by atoms with E-state index in [-0.39, 0.29) is 16.7 Å². The van der Waals surface area contributed by atoms with Crippen molar-refractivity contribution >= 4 is 0 Å². The molecule has 116 valence electrons. The molecule has 4 fully saturated rings. The van der Waals surface area contributed by atoms with Gasteiger partial charge in [0.2, 0.25) is 0 Å². The van der Waals surface area contributed by atoms with E-state index in [9.17, 15) is 10.2 Å². The summed E-state index contributed by atoms with van der Waals surface area (Å²) < 4.78 is 0. The summed E-state index contributed by atoms with van der Waals surface area (Å²) >= 11 is 0. The number of rotatable bonds is 0. The fourth-order valence-corrected chi connectivity index (χ4v) is 6.22. The molecule has 4 aliphatic carbocycles. The third kappa shape index (κ3) is 1.53. The van der Waals surface area contributed by atoms with Crippen molar-refractivity contribution in [2.45, 2.75) is 78.4 Å². The van der Waals surface area contributed by atoms with Gasteiger partial charge in [0.1, 0.15) is 0 Å². The molecule has 20 heavy (non-hydrogen) atoms. The predicted octanol–water partition coefficient (Wildman–Crippen LogP) is 3.61. The van der Waals surface area contributed by atoms with Crippen LogP contribution in [-0.2, 0) is 0 Å². The molecule has 2 N–H and O–H groups in total. The Labute approximate surface area is 124 Å². The number of aliphatic hydroxyl groups is 2. The van der Waals surface area contributed by atoms with Gasteiger partial charge in [0, 0.05) is 5.92 Å². The fourth-order valence-electron chi connectivity index (χ4n) is 6.22. The van der Waals surface area contributed by atoms with Gasteiger partial charge in [-0.05, 0) is 54.3 Å². The van der Waals surface area contributed by atoms with E-state index >= 15 is 0 Å². The predicted molar refractivity (Wildman–Crippen MR) is 81.2 cm³/mol. The van der Waals surface area contributed by atoms with E-state index in [2.05, 4.69) is 41.5 Å². The molecule has 4 aliphatic rings. The molecule has 2 unspecified atom stereocenters. The van der Waals surface area contributed by atoms with Crippen LogP contribution in [0.1, 0.15) is 67.2 Å². The van der Waals surface area contributed by atoms with Crippen LogP contribution in [0.2, 0.25) is 0 Å². The van der Waals surface area contributed by atoms with Gasteiger partial charge in [-0.1, -0.05) is 41.5 Å². The van der Waals surface area contributed by atoms with Crippen molar-refractivity contribution in [3.8, 4) is 0 Å². The van der Waals surface area contributed by atoms with Gasteiger partial charge >= 0.3 is 0 Å². The molecule has 0 aromatic heterocycles. The van der Waals surface area contributed by atoms with Crippen LogP contribution in [0.25, 0.3) is 0 Å². The maximum absolute atomic E-state index is 11.7. The summed E-state index contributed by atoms with van der Waals surface area (Å²) in [5, 5.41) is 23.3. The average Bonchev–Trinajstić information content (AvgIpc) is 2.28. The average molecular weight is 280 g/mol. The van der Waals surface area contributed by atoms with Crippen LogP contribution in [-0.4, -0.2) is 21.4 Å². The highest BCUT2D eigenvalue weighted by atomic mass is 16.3. The van der Waals surface area contributed by atoms with Gasteiger partial charge in [-0.2, -0.15) is 0 Å². The van der Waals surface area contributed by atoms with Crippen molar-refractivity contribution in [1.29, 1.82) is 0 Å². The van der Waals surface area contributed by atoms with E-state index < -0.39 is 11.2 Å². The summed E-state index contributed by atoms with van der Waals surface area (Å²) in [7, 11) is 0. The van der Waals surface area contributed by atoms with Gasteiger partial charge in [-0.3, -0.25) is 0 Å². The van der Waals surface area contributed by atoms with Crippen LogP contribution in [0.3, 0.4) is 0 Å². The molecular formula is C18H32O2. The van der Waals surface area contributed by atoms with Crippen LogP contribution in [0.5, 0.6) is 0 Å². The van der Waals surface area contributed by atoms with Crippen molar-refractivity contribution < 1.29 is 10.2 Å². The zero-order valence-electron chi connectivity index (χ0n) is 14.0. The van der Waals surface area contributed by atoms with E-state index in [4.69, 9.17) is 0 Å². The molecule has 0 aromatic carbocycles. The monoisotopic (exact) mass is 280 g/mol. The third-order valence-corrected chi connectivity index (χ3v) is 7.08. The largest absolute Gasteiger partial charge is 0.389 e. The molecule has 0 spiro atoms. The first-order valence-electron chi connectivity index (χ1n) is 8.37. The lowest BCUT2D eigenvalue weighted by Crippen LogP contribution is -2.75. The first-order valence-corrected chi connectivity index (χ1v) is 8.37. The number of hydrogen-bond donors (Lipinski definition) is 2. The quantitative estimate of drug-likeness (QED) is 0.711. The first-order chi connectivity index (χ1) is 8.92. The molecule has 4 bridgehead atoms. The van der Waals surface area contributed by atoms with Crippen molar-refractivity contribution in [2.24, 2.45) is 34.5 Å². The molecule has 4 rings (SSSR count). The SMILES string of the molecule is CC(C)(C)[C@@]1(O)C2CC3C[C@@H]1C[C@H](C3)[C@]2(O)C(C)(C)C. The van der Waals surface area contributed by atoms with Crippen molar-refractivity contribution in [1.82, 2.24) is 0 Å². The van der Waals surface area contributed by atoms with Gasteiger partial charge in [0.05, 0.1) is 11.2 Å². The molecule has 0 saturated heterocycles. The van der Waals surface area contributed by atoms with E-state index in [1.807, 2.05) is 0 Å². The molecule has 0 aliphatic heterocycles. The first kappa shape index (κ1) is 14.8. The number of hydrogen-bond acceptors (Lipinski definition) is 2. The zero-order valence-corrected chi connectivity index (χ0v) is 14.0.